The molecule has 4 heteroatoms. The van der Waals surface area contributed by atoms with Crippen LogP contribution in [0.1, 0.15) is 200 Å². The summed E-state index contributed by atoms with van der Waals surface area (Å²) in [4.78, 5) is 12.3. The first kappa shape index (κ1) is 54.0. The van der Waals surface area contributed by atoms with Gasteiger partial charge in [0.05, 0.1) is 18.8 Å². The fourth-order valence-electron chi connectivity index (χ4n) is 6.47. The summed E-state index contributed by atoms with van der Waals surface area (Å²) in [6.45, 7) is 4.17. The van der Waals surface area contributed by atoms with Gasteiger partial charge in [0.25, 0.3) is 0 Å². The smallest absolute Gasteiger partial charge is 0.220 e. The van der Waals surface area contributed by atoms with Gasteiger partial charge in [-0.25, -0.2) is 0 Å². The molecule has 4 nitrogen and oxygen atoms in total. The van der Waals surface area contributed by atoms with Crippen molar-refractivity contribution >= 4 is 5.91 Å². The molecular weight excluding hydrogens is 699 g/mol. The van der Waals surface area contributed by atoms with Gasteiger partial charge >= 0.3 is 0 Å². The lowest BCUT2D eigenvalue weighted by Gasteiger charge is -2.22. The Morgan fingerprint density at radius 3 is 1.16 bits per heavy atom. The van der Waals surface area contributed by atoms with E-state index in [4.69, 9.17) is 0 Å². The largest absolute Gasteiger partial charge is 0.394 e. The second kappa shape index (κ2) is 47.4. The van der Waals surface area contributed by atoms with Gasteiger partial charge in [0.2, 0.25) is 5.91 Å². The first-order chi connectivity index (χ1) is 28.2. The summed E-state index contributed by atoms with van der Waals surface area (Å²) < 4.78 is 0. The van der Waals surface area contributed by atoms with Crippen molar-refractivity contribution in [1.82, 2.24) is 5.32 Å². The van der Waals surface area contributed by atoms with E-state index in [9.17, 15) is 15.0 Å². The zero-order chi connectivity index (χ0) is 41.4. The Hall–Kier alpha value is -2.95. The van der Waals surface area contributed by atoms with Gasteiger partial charge in [-0.05, 0) is 83.5 Å². The van der Waals surface area contributed by atoms with Crippen molar-refractivity contribution in [2.45, 2.75) is 212 Å². The van der Waals surface area contributed by atoms with Crippen LogP contribution in [0.3, 0.4) is 0 Å². The van der Waals surface area contributed by atoms with Crippen LogP contribution in [0.15, 0.2) is 109 Å². The minimum atomic E-state index is -0.662. The number of unbranched alkanes of at least 4 members (excludes halogenated alkanes) is 16. The molecule has 0 saturated carbocycles. The molecule has 1 amide bonds. The van der Waals surface area contributed by atoms with Gasteiger partial charge in [0.15, 0.2) is 0 Å². The number of carbonyl (C=O) groups is 1. The van der Waals surface area contributed by atoms with Crippen molar-refractivity contribution in [2.24, 2.45) is 0 Å². The van der Waals surface area contributed by atoms with E-state index in [0.29, 0.717) is 12.8 Å². The Morgan fingerprint density at radius 2 is 0.772 bits per heavy atom. The zero-order valence-electron chi connectivity index (χ0n) is 37.1. The normalized spacial score (nSPS) is 14.0. The number of rotatable bonds is 41. The Balaban J connectivity index is 3.55. The molecule has 324 valence electrons. The zero-order valence-corrected chi connectivity index (χ0v) is 37.1. The number of hydrogen-bond acceptors (Lipinski definition) is 3. The summed E-state index contributed by atoms with van der Waals surface area (Å²) in [7, 11) is 0. The highest BCUT2D eigenvalue weighted by molar-refractivity contribution is 5.76. The van der Waals surface area contributed by atoms with Crippen molar-refractivity contribution in [3.8, 4) is 0 Å². The molecule has 0 fully saturated rings. The molecule has 3 N–H and O–H groups in total. The molecule has 0 radical (unpaired) electrons. The van der Waals surface area contributed by atoms with Crippen LogP contribution >= 0.6 is 0 Å². The van der Waals surface area contributed by atoms with Gasteiger partial charge in [-0.1, -0.05) is 220 Å². The van der Waals surface area contributed by atoms with E-state index >= 15 is 0 Å². The maximum absolute atomic E-state index is 12.3. The SMILES string of the molecule is CC/C=C\C/C=C\C/C=C\C/C=C\C/C=C\C/C=C\C/C=C\C/C=C\C/C=C\CCCCCCCCCCCCCC(=O)NC(CO)C(O)CCCCCCCC. The lowest BCUT2D eigenvalue weighted by Crippen LogP contribution is -2.45. The Bertz CT molecular complexity index is 1120. The van der Waals surface area contributed by atoms with Crippen molar-refractivity contribution < 1.29 is 15.0 Å². The van der Waals surface area contributed by atoms with Gasteiger partial charge in [0.1, 0.15) is 0 Å². The van der Waals surface area contributed by atoms with E-state index in [1.807, 2.05) is 0 Å². The van der Waals surface area contributed by atoms with E-state index in [1.54, 1.807) is 0 Å². The van der Waals surface area contributed by atoms with Crippen molar-refractivity contribution in [2.75, 3.05) is 6.61 Å². The van der Waals surface area contributed by atoms with Gasteiger partial charge in [0, 0.05) is 6.42 Å². The molecule has 0 heterocycles. The molecule has 0 aliphatic carbocycles. The van der Waals surface area contributed by atoms with Crippen LogP contribution in [0.4, 0.5) is 0 Å². The highest BCUT2D eigenvalue weighted by atomic mass is 16.3. The molecule has 0 bridgehead atoms. The average molecular weight is 788 g/mol. The first-order valence-electron chi connectivity index (χ1n) is 23.6. The number of carbonyl (C=O) groups excluding carboxylic acids is 1. The molecule has 0 aliphatic rings. The predicted octanol–water partition coefficient (Wildman–Crippen LogP) is 15.2. The lowest BCUT2D eigenvalue weighted by atomic mass is 10.0. The number of amides is 1. The molecule has 0 aromatic carbocycles. The van der Waals surface area contributed by atoms with Crippen molar-refractivity contribution in [3.05, 3.63) is 109 Å². The second-order valence-corrected chi connectivity index (χ2v) is 15.4. The molecule has 57 heavy (non-hydrogen) atoms. The number of aliphatic hydroxyl groups is 2. The molecule has 0 saturated heterocycles. The Morgan fingerprint density at radius 1 is 0.439 bits per heavy atom. The van der Waals surface area contributed by atoms with Crippen LogP contribution < -0.4 is 5.32 Å². The molecular formula is C53H89NO3. The monoisotopic (exact) mass is 788 g/mol. The van der Waals surface area contributed by atoms with Crippen LogP contribution in [0.2, 0.25) is 0 Å². The molecule has 0 aliphatic heterocycles. The van der Waals surface area contributed by atoms with E-state index in [-0.39, 0.29) is 12.5 Å². The van der Waals surface area contributed by atoms with Gasteiger partial charge in [-0.3, -0.25) is 4.79 Å². The Labute approximate surface area is 353 Å². The third kappa shape index (κ3) is 44.0. The minimum Gasteiger partial charge on any atom is -0.394 e. The number of allylic oxidation sites excluding steroid dienone is 18. The predicted molar refractivity (Wildman–Crippen MR) is 253 cm³/mol. The summed E-state index contributed by atoms with van der Waals surface area (Å²) in [5.74, 6) is -0.0456. The number of aliphatic hydroxyl groups excluding tert-OH is 2. The van der Waals surface area contributed by atoms with E-state index in [1.165, 1.54) is 89.9 Å². The van der Waals surface area contributed by atoms with Crippen molar-refractivity contribution in [1.29, 1.82) is 0 Å². The topological polar surface area (TPSA) is 69.6 Å². The Kier molecular flexibility index (Phi) is 45.0. The standard InChI is InChI=1S/C53H89NO3/c1-3-5-7-9-11-12-13-14-15-16-17-18-19-20-21-22-23-24-25-26-27-28-29-30-31-32-33-34-35-36-37-38-39-40-41-42-43-45-47-49-53(57)54-51(50-55)52(56)48-46-44-10-8-6-4-2/h5,7,11-12,14-15,17-18,20-21,23-24,26-27,29-30,32-33,51-52,55-56H,3-4,6,8-10,13,16,19,22,25,28,31,34-50H2,1-2H3,(H,54,57)/b7-5-,12-11-,15-14-,18-17-,21-20-,24-23-,27-26-,30-29-,33-32-. The van der Waals surface area contributed by atoms with Crippen LogP contribution in [0.25, 0.3) is 0 Å². The minimum absolute atomic E-state index is 0.0456. The van der Waals surface area contributed by atoms with Gasteiger partial charge in [-0.15, -0.1) is 0 Å². The maximum atomic E-state index is 12.3. The van der Waals surface area contributed by atoms with E-state index in [2.05, 4.69) is 129 Å². The third-order valence-electron chi connectivity index (χ3n) is 10.0. The third-order valence-corrected chi connectivity index (χ3v) is 10.0. The van der Waals surface area contributed by atoms with Gasteiger partial charge in [-0.2, -0.15) is 0 Å². The quantitative estimate of drug-likeness (QED) is 0.0427. The summed E-state index contributed by atoms with van der Waals surface area (Å²) in [5, 5.41) is 22.9. The molecule has 2 unspecified atom stereocenters. The fourth-order valence-corrected chi connectivity index (χ4v) is 6.47. The molecule has 0 aromatic heterocycles. The van der Waals surface area contributed by atoms with E-state index in [0.717, 1.165) is 83.5 Å². The van der Waals surface area contributed by atoms with Gasteiger partial charge < -0.3 is 15.5 Å². The summed E-state index contributed by atoms with van der Waals surface area (Å²) in [5.41, 5.74) is 0. The van der Waals surface area contributed by atoms with Crippen LogP contribution in [-0.2, 0) is 4.79 Å². The number of nitrogens with one attached hydrogen (secondary N) is 1. The highest BCUT2D eigenvalue weighted by Gasteiger charge is 2.19. The average Bonchev–Trinajstić information content (AvgIpc) is 3.22. The summed E-state index contributed by atoms with van der Waals surface area (Å²) in [6.07, 6.45) is 72.1. The lowest BCUT2D eigenvalue weighted by molar-refractivity contribution is -0.123. The van der Waals surface area contributed by atoms with Crippen molar-refractivity contribution in [3.63, 3.8) is 0 Å². The van der Waals surface area contributed by atoms with Crippen LogP contribution in [0, 0.1) is 0 Å². The molecule has 0 aromatic rings. The summed E-state index contributed by atoms with van der Waals surface area (Å²) >= 11 is 0. The molecule has 2 atom stereocenters. The summed E-state index contributed by atoms with van der Waals surface area (Å²) in [6, 6.07) is -0.540. The highest BCUT2D eigenvalue weighted by Crippen LogP contribution is 2.14. The second-order valence-electron chi connectivity index (χ2n) is 15.4. The fraction of sp³-hybridized carbons (Fsp3) is 0.642. The number of hydrogen-bond donors (Lipinski definition) is 3. The van der Waals surface area contributed by atoms with Crippen LogP contribution in [-0.4, -0.2) is 34.9 Å². The maximum Gasteiger partial charge on any atom is 0.220 e. The van der Waals surface area contributed by atoms with Crippen LogP contribution in [0.5, 0.6) is 0 Å². The molecule has 0 spiro atoms. The first-order valence-corrected chi connectivity index (χ1v) is 23.6. The van der Waals surface area contributed by atoms with E-state index < -0.39 is 12.1 Å². The molecule has 0 rings (SSSR count).